The van der Waals surface area contributed by atoms with E-state index in [9.17, 15) is 9.59 Å². The topological polar surface area (TPSA) is 49.4 Å². The molecule has 0 bridgehead atoms. The number of carbonyl (C=O) groups is 2. The van der Waals surface area contributed by atoms with Gasteiger partial charge in [0.25, 0.3) is 5.91 Å². The van der Waals surface area contributed by atoms with Gasteiger partial charge in [-0.2, -0.15) is 0 Å². The van der Waals surface area contributed by atoms with Gasteiger partial charge >= 0.3 is 0 Å². The summed E-state index contributed by atoms with van der Waals surface area (Å²) >= 11 is 5.61. The lowest BCUT2D eigenvalue weighted by Gasteiger charge is -2.32. The molecule has 1 heterocycles. The van der Waals surface area contributed by atoms with Gasteiger partial charge in [0.2, 0.25) is 5.91 Å². The van der Waals surface area contributed by atoms with Crippen LogP contribution in [0.3, 0.4) is 0 Å². The van der Waals surface area contributed by atoms with Crippen molar-refractivity contribution in [1.29, 1.82) is 0 Å². The zero-order valence-corrected chi connectivity index (χ0v) is 13.7. The standard InChI is InChI=1S/C17H23ClN2O2/c1-13-4-6-14(7-5-13)17(22)19-15-8-11-20(12-9-15)16(21)3-2-10-18/h4-7,15H,2-3,8-12H2,1H3,(H,19,22). The summed E-state index contributed by atoms with van der Waals surface area (Å²) < 4.78 is 0. The molecule has 0 aromatic heterocycles. The van der Waals surface area contributed by atoms with Gasteiger partial charge < -0.3 is 10.2 Å². The van der Waals surface area contributed by atoms with Crippen molar-refractivity contribution in [3.05, 3.63) is 35.4 Å². The number of nitrogens with zero attached hydrogens (tertiary/aromatic N) is 1. The van der Waals surface area contributed by atoms with Crippen molar-refractivity contribution in [3.63, 3.8) is 0 Å². The van der Waals surface area contributed by atoms with Crippen LogP contribution in [0.1, 0.15) is 41.6 Å². The third kappa shape index (κ3) is 4.73. The van der Waals surface area contributed by atoms with Gasteiger partial charge in [0, 0.05) is 37.0 Å². The molecular formula is C17H23ClN2O2. The molecule has 4 nitrogen and oxygen atoms in total. The zero-order chi connectivity index (χ0) is 15.9. The molecule has 1 aliphatic rings. The van der Waals surface area contributed by atoms with Gasteiger partial charge in [-0.05, 0) is 38.3 Å². The smallest absolute Gasteiger partial charge is 0.251 e. The number of benzene rings is 1. The Morgan fingerprint density at radius 1 is 1.23 bits per heavy atom. The van der Waals surface area contributed by atoms with Crippen molar-refractivity contribution < 1.29 is 9.59 Å². The molecule has 0 radical (unpaired) electrons. The van der Waals surface area contributed by atoms with E-state index in [4.69, 9.17) is 11.6 Å². The molecule has 120 valence electrons. The Bertz CT molecular complexity index is 508. The first kappa shape index (κ1) is 16.8. The fourth-order valence-corrected chi connectivity index (χ4v) is 2.76. The van der Waals surface area contributed by atoms with Gasteiger partial charge in [-0.25, -0.2) is 0 Å². The minimum atomic E-state index is -0.0353. The van der Waals surface area contributed by atoms with Crippen LogP contribution in [0.5, 0.6) is 0 Å². The van der Waals surface area contributed by atoms with Gasteiger partial charge in [-0.3, -0.25) is 9.59 Å². The molecule has 0 atom stereocenters. The first-order valence-corrected chi connectivity index (χ1v) is 8.35. The Labute approximate surface area is 136 Å². The van der Waals surface area contributed by atoms with E-state index in [-0.39, 0.29) is 17.9 Å². The van der Waals surface area contributed by atoms with Crippen LogP contribution < -0.4 is 5.32 Å². The van der Waals surface area contributed by atoms with Crippen LogP contribution in [0.15, 0.2) is 24.3 Å². The van der Waals surface area contributed by atoms with E-state index in [2.05, 4.69) is 5.32 Å². The summed E-state index contributed by atoms with van der Waals surface area (Å²) in [4.78, 5) is 26.0. The molecule has 1 aromatic carbocycles. The number of alkyl halides is 1. The molecule has 0 unspecified atom stereocenters. The van der Waals surface area contributed by atoms with Crippen LogP contribution in [0, 0.1) is 6.92 Å². The Kier molecular flexibility index (Phi) is 6.25. The van der Waals surface area contributed by atoms with E-state index in [1.807, 2.05) is 36.1 Å². The molecule has 5 heteroatoms. The lowest BCUT2D eigenvalue weighted by Crippen LogP contribution is -2.46. The maximum Gasteiger partial charge on any atom is 0.251 e. The Balaban J connectivity index is 1.78. The fraction of sp³-hybridized carbons (Fsp3) is 0.529. The summed E-state index contributed by atoms with van der Waals surface area (Å²) in [5.41, 5.74) is 1.83. The van der Waals surface area contributed by atoms with Gasteiger partial charge in [0.15, 0.2) is 0 Å². The summed E-state index contributed by atoms with van der Waals surface area (Å²) in [7, 11) is 0. The molecule has 1 N–H and O–H groups in total. The third-order valence-electron chi connectivity index (χ3n) is 4.02. The zero-order valence-electron chi connectivity index (χ0n) is 13.0. The van der Waals surface area contributed by atoms with Gasteiger partial charge in [-0.15, -0.1) is 11.6 Å². The van der Waals surface area contributed by atoms with Crippen molar-refractivity contribution in [2.24, 2.45) is 0 Å². The molecule has 0 spiro atoms. The van der Waals surface area contributed by atoms with Crippen molar-refractivity contribution in [3.8, 4) is 0 Å². The normalized spacial score (nSPS) is 15.6. The van der Waals surface area contributed by atoms with E-state index >= 15 is 0 Å². The first-order valence-electron chi connectivity index (χ1n) is 7.81. The summed E-state index contributed by atoms with van der Waals surface area (Å²) in [5.74, 6) is 0.658. The van der Waals surface area contributed by atoms with Gasteiger partial charge in [0.05, 0.1) is 0 Å². The second kappa shape index (κ2) is 8.18. The largest absolute Gasteiger partial charge is 0.349 e. The highest BCUT2D eigenvalue weighted by Gasteiger charge is 2.23. The van der Waals surface area contributed by atoms with E-state index in [0.717, 1.165) is 24.8 Å². The van der Waals surface area contributed by atoms with Crippen LogP contribution in [0.2, 0.25) is 0 Å². The minimum absolute atomic E-state index is 0.0353. The highest BCUT2D eigenvalue weighted by atomic mass is 35.5. The number of amides is 2. The molecule has 0 aliphatic carbocycles. The third-order valence-corrected chi connectivity index (χ3v) is 4.29. The number of hydrogen-bond acceptors (Lipinski definition) is 2. The highest BCUT2D eigenvalue weighted by Crippen LogP contribution is 2.13. The van der Waals surface area contributed by atoms with E-state index in [1.54, 1.807) is 0 Å². The monoisotopic (exact) mass is 322 g/mol. The average molecular weight is 323 g/mol. The SMILES string of the molecule is Cc1ccc(C(=O)NC2CCN(C(=O)CCCCl)CC2)cc1. The van der Waals surface area contributed by atoms with E-state index < -0.39 is 0 Å². The van der Waals surface area contributed by atoms with Crippen molar-refractivity contribution in [1.82, 2.24) is 10.2 Å². The van der Waals surface area contributed by atoms with Crippen molar-refractivity contribution in [2.75, 3.05) is 19.0 Å². The van der Waals surface area contributed by atoms with Crippen LogP contribution in [-0.4, -0.2) is 41.7 Å². The maximum atomic E-state index is 12.2. The number of carbonyl (C=O) groups excluding carboxylic acids is 2. The quantitative estimate of drug-likeness (QED) is 0.847. The number of likely N-dealkylation sites (tertiary alicyclic amines) is 1. The number of halogens is 1. The number of aryl methyl sites for hydroxylation is 1. The van der Waals surface area contributed by atoms with Crippen LogP contribution >= 0.6 is 11.6 Å². The molecule has 1 saturated heterocycles. The van der Waals surface area contributed by atoms with Gasteiger partial charge in [0.1, 0.15) is 0 Å². The molecule has 1 aliphatic heterocycles. The van der Waals surface area contributed by atoms with Crippen molar-refractivity contribution in [2.45, 2.75) is 38.6 Å². The van der Waals surface area contributed by atoms with Crippen LogP contribution in [0.25, 0.3) is 0 Å². The highest BCUT2D eigenvalue weighted by molar-refractivity contribution is 6.17. The average Bonchev–Trinajstić information content (AvgIpc) is 2.54. The predicted octanol–water partition coefficient (Wildman–Crippen LogP) is 2.73. The summed E-state index contributed by atoms with van der Waals surface area (Å²) in [6.45, 7) is 3.42. The molecule has 22 heavy (non-hydrogen) atoms. The lowest BCUT2D eigenvalue weighted by molar-refractivity contribution is -0.132. The minimum Gasteiger partial charge on any atom is -0.349 e. The number of piperidine rings is 1. The molecule has 0 saturated carbocycles. The first-order chi connectivity index (χ1) is 10.6. The molecule has 2 amide bonds. The molecule has 2 rings (SSSR count). The van der Waals surface area contributed by atoms with Crippen molar-refractivity contribution >= 4 is 23.4 Å². The summed E-state index contributed by atoms with van der Waals surface area (Å²) in [5, 5.41) is 3.06. The Morgan fingerprint density at radius 2 is 1.86 bits per heavy atom. The summed E-state index contributed by atoms with van der Waals surface area (Å²) in [6.07, 6.45) is 2.86. The lowest BCUT2D eigenvalue weighted by atomic mass is 10.0. The molecular weight excluding hydrogens is 300 g/mol. The predicted molar refractivity (Wildman–Crippen MR) is 88.2 cm³/mol. The molecule has 1 fully saturated rings. The second-order valence-corrected chi connectivity index (χ2v) is 6.17. The number of nitrogens with one attached hydrogen (secondary N) is 1. The van der Waals surface area contributed by atoms with E-state index in [1.165, 1.54) is 0 Å². The number of hydrogen-bond donors (Lipinski definition) is 1. The Morgan fingerprint density at radius 3 is 2.45 bits per heavy atom. The second-order valence-electron chi connectivity index (χ2n) is 5.79. The van der Waals surface area contributed by atoms with Gasteiger partial charge in [-0.1, -0.05) is 17.7 Å². The van der Waals surface area contributed by atoms with Crippen LogP contribution in [-0.2, 0) is 4.79 Å². The van der Waals surface area contributed by atoms with E-state index in [0.29, 0.717) is 31.0 Å². The summed E-state index contributed by atoms with van der Waals surface area (Å²) in [6, 6.07) is 7.70. The molecule has 1 aromatic rings. The number of rotatable bonds is 5. The Hall–Kier alpha value is -1.55. The maximum absolute atomic E-state index is 12.2. The van der Waals surface area contributed by atoms with Crippen LogP contribution in [0.4, 0.5) is 0 Å². The fourth-order valence-electron chi connectivity index (χ4n) is 2.62.